The molecule has 0 aromatic carbocycles. The molecule has 0 spiro atoms. The van der Waals surface area contributed by atoms with Gasteiger partial charge in [-0.25, -0.2) is 0 Å². The fraction of sp³-hybridized carbons (Fsp3) is 0.833. The highest BCUT2D eigenvalue weighted by Crippen LogP contribution is 2.20. The molecule has 46 valence electrons. The summed E-state index contributed by atoms with van der Waals surface area (Å²) in [6, 6.07) is 0. The standard InChI is InChI=1S/C6H11NS/c1-3-6-5(2)8-4-7-6/h5H,3-4H2,1-2H3. The minimum absolute atomic E-state index is 0.694. The molecule has 8 heavy (non-hydrogen) atoms. The van der Waals surface area contributed by atoms with Crippen LogP contribution in [0.25, 0.3) is 0 Å². The van der Waals surface area contributed by atoms with E-state index in [0.717, 1.165) is 12.3 Å². The molecule has 1 aliphatic heterocycles. The molecule has 1 unspecified atom stereocenters. The summed E-state index contributed by atoms with van der Waals surface area (Å²) in [6.07, 6.45) is 1.13. The van der Waals surface area contributed by atoms with Crippen molar-refractivity contribution in [2.45, 2.75) is 25.5 Å². The maximum atomic E-state index is 4.31. The Morgan fingerprint density at radius 3 is 2.88 bits per heavy atom. The molecule has 1 nitrogen and oxygen atoms in total. The summed E-state index contributed by atoms with van der Waals surface area (Å²) in [4.78, 5) is 4.31. The second-order valence-corrected chi connectivity index (χ2v) is 3.24. The largest absolute Gasteiger partial charge is 0.282 e. The first-order chi connectivity index (χ1) is 3.84. The van der Waals surface area contributed by atoms with Crippen molar-refractivity contribution in [2.75, 3.05) is 5.88 Å². The van der Waals surface area contributed by atoms with Crippen molar-refractivity contribution in [1.29, 1.82) is 0 Å². The summed E-state index contributed by atoms with van der Waals surface area (Å²) >= 11 is 1.93. The van der Waals surface area contributed by atoms with Crippen LogP contribution in [-0.4, -0.2) is 16.8 Å². The van der Waals surface area contributed by atoms with Crippen LogP contribution < -0.4 is 0 Å². The van der Waals surface area contributed by atoms with Gasteiger partial charge >= 0.3 is 0 Å². The van der Waals surface area contributed by atoms with Gasteiger partial charge in [0.2, 0.25) is 0 Å². The Morgan fingerprint density at radius 2 is 2.62 bits per heavy atom. The molecule has 0 saturated heterocycles. The summed E-state index contributed by atoms with van der Waals surface area (Å²) in [5, 5.41) is 0.694. The number of aliphatic imine (C=N–C) groups is 1. The third-order valence-electron chi connectivity index (χ3n) is 1.42. The van der Waals surface area contributed by atoms with Crippen LogP contribution in [-0.2, 0) is 0 Å². The monoisotopic (exact) mass is 129 g/mol. The van der Waals surface area contributed by atoms with Gasteiger partial charge in [-0.1, -0.05) is 6.92 Å². The van der Waals surface area contributed by atoms with E-state index < -0.39 is 0 Å². The van der Waals surface area contributed by atoms with Gasteiger partial charge in [-0.2, -0.15) is 0 Å². The lowest BCUT2D eigenvalue weighted by atomic mass is 10.2. The average molecular weight is 129 g/mol. The summed E-state index contributed by atoms with van der Waals surface area (Å²) in [7, 11) is 0. The third kappa shape index (κ3) is 1.05. The van der Waals surface area contributed by atoms with Crippen LogP contribution in [0, 0.1) is 0 Å². The molecule has 0 N–H and O–H groups in total. The molecule has 1 aliphatic rings. The number of thioether (sulfide) groups is 1. The SMILES string of the molecule is CCC1=NCSC1C. The first kappa shape index (κ1) is 6.14. The Kier molecular flexibility index (Phi) is 1.95. The molecular formula is C6H11NS. The Balaban J connectivity index is 2.49. The van der Waals surface area contributed by atoms with E-state index in [9.17, 15) is 0 Å². The van der Waals surface area contributed by atoms with Crippen molar-refractivity contribution in [3.05, 3.63) is 0 Å². The van der Waals surface area contributed by atoms with Crippen molar-refractivity contribution in [3.63, 3.8) is 0 Å². The van der Waals surface area contributed by atoms with Crippen molar-refractivity contribution in [1.82, 2.24) is 0 Å². The molecular weight excluding hydrogens is 118 g/mol. The smallest absolute Gasteiger partial charge is 0.0850 e. The summed E-state index contributed by atoms with van der Waals surface area (Å²) in [5.41, 5.74) is 1.38. The van der Waals surface area contributed by atoms with Crippen molar-refractivity contribution >= 4 is 17.5 Å². The number of rotatable bonds is 1. The number of hydrogen-bond acceptors (Lipinski definition) is 2. The molecule has 1 rings (SSSR count). The minimum atomic E-state index is 0.694. The fourth-order valence-electron chi connectivity index (χ4n) is 0.856. The lowest BCUT2D eigenvalue weighted by molar-refractivity contribution is 1.17. The predicted molar refractivity (Wildman–Crippen MR) is 39.6 cm³/mol. The molecule has 0 bridgehead atoms. The van der Waals surface area contributed by atoms with Crippen LogP contribution in [0.15, 0.2) is 4.99 Å². The normalized spacial score (nSPS) is 28.2. The molecule has 1 heterocycles. The topological polar surface area (TPSA) is 12.4 Å². The van der Waals surface area contributed by atoms with E-state index in [2.05, 4.69) is 18.8 Å². The lowest BCUT2D eigenvalue weighted by Gasteiger charge is -1.99. The molecule has 0 radical (unpaired) electrons. The Hall–Kier alpha value is 0.0200. The van der Waals surface area contributed by atoms with Crippen molar-refractivity contribution in [3.8, 4) is 0 Å². The van der Waals surface area contributed by atoms with Crippen molar-refractivity contribution < 1.29 is 0 Å². The van der Waals surface area contributed by atoms with E-state index in [4.69, 9.17) is 0 Å². The fourth-order valence-corrected chi connectivity index (χ4v) is 1.75. The highest BCUT2D eigenvalue weighted by Gasteiger charge is 2.13. The van der Waals surface area contributed by atoms with E-state index in [1.54, 1.807) is 0 Å². The predicted octanol–water partition coefficient (Wildman–Crippen LogP) is 1.93. The van der Waals surface area contributed by atoms with Crippen LogP contribution in [0.2, 0.25) is 0 Å². The van der Waals surface area contributed by atoms with E-state index >= 15 is 0 Å². The zero-order valence-corrected chi connectivity index (χ0v) is 6.16. The van der Waals surface area contributed by atoms with E-state index in [0.29, 0.717) is 5.25 Å². The van der Waals surface area contributed by atoms with Crippen LogP contribution in [0.3, 0.4) is 0 Å². The second-order valence-electron chi connectivity index (χ2n) is 1.94. The quantitative estimate of drug-likeness (QED) is 0.527. The van der Waals surface area contributed by atoms with Gasteiger partial charge in [0.05, 0.1) is 5.88 Å². The van der Waals surface area contributed by atoms with Gasteiger partial charge < -0.3 is 0 Å². The molecule has 0 aromatic rings. The van der Waals surface area contributed by atoms with Gasteiger partial charge in [0.15, 0.2) is 0 Å². The van der Waals surface area contributed by atoms with Gasteiger partial charge in [-0.15, -0.1) is 11.8 Å². The molecule has 0 aromatic heterocycles. The highest BCUT2D eigenvalue weighted by molar-refractivity contribution is 8.00. The molecule has 0 amide bonds. The van der Waals surface area contributed by atoms with Gasteiger partial charge in [-0.05, 0) is 13.3 Å². The van der Waals surface area contributed by atoms with E-state index in [1.807, 2.05) is 11.8 Å². The van der Waals surface area contributed by atoms with Crippen LogP contribution >= 0.6 is 11.8 Å². The Labute approximate surface area is 54.6 Å². The van der Waals surface area contributed by atoms with Gasteiger partial charge in [0.25, 0.3) is 0 Å². The van der Waals surface area contributed by atoms with E-state index in [1.165, 1.54) is 5.71 Å². The maximum Gasteiger partial charge on any atom is 0.0850 e. The third-order valence-corrected chi connectivity index (χ3v) is 2.47. The lowest BCUT2D eigenvalue weighted by Crippen LogP contribution is -2.05. The zero-order chi connectivity index (χ0) is 5.98. The van der Waals surface area contributed by atoms with Gasteiger partial charge in [-0.3, -0.25) is 4.99 Å². The molecule has 0 saturated carbocycles. The van der Waals surface area contributed by atoms with Crippen LogP contribution in [0.4, 0.5) is 0 Å². The maximum absolute atomic E-state index is 4.31. The zero-order valence-electron chi connectivity index (χ0n) is 5.35. The summed E-state index contributed by atoms with van der Waals surface area (Å²) in [6.45, 7) is 4.39. The molecule has 0 fully saturated rings. The summed E-state index contributed by atoms with van der Waals surface area (Å²) < 4.78 is 0. The first-order valence-electron chi connectivity index (χ1n) is 2.99. The number of nitrogens with zero attached hydrogens (tertiary/aromatic N) is 1. The highest BCUT2D eigenvalue weighted by atomic mass is 32.2. The Morgan fingerprint density at radius 1 is 1.88 bits per heavy atom. The van der Waals surface area contributed by atoms with Crippen LogP contribution in [0.5, 0.6) is 0 Å². The average Bonchev–Trinajstić information content (AvgIpc) is 2.14. The van der Waals surface area contributed by atoms with Crippen molar-refractivity contribution in [2.24, 2.45) is 4.99 Å². The first-order valence-corrected chi connectivity index (χ1v) is 4.04. The minimum Gasteiger partial charge on any atom is -0.282 e. The summed E-state index contributed by atoms with van der Waals surface area (Å²) in [5.74, 6) is 0.990. The van der Waals surface area contributed by atoms with E-state index in [-0.39, 0.29) is 0 Å². The molecule has 0 aliphatic carbocycles. The van der Waals surface area contributed by atoms with Crippen LogP contribution in [0.1, 0.15) is 20.3 Å². The second kappa shape index (κ2) is 2.53. The Bertz CT molecular complexity index is 109. The molecule has 1 atom stereocenters. The number of hydrogen-bond donors (Lipinski definition) is 0. The van der Waals surface area contributed by atoms with Gasteiger partial charge in [0, 0.05) is 11.0 Å². The van der Waals surface area contributed by atoms with Gasteiger partial charge in [0.1, 0.15) is 0 Å². The molecule has 2 heteroatoms.